The van der Waals surface area contributed by atoms with Gasteiger partial charge in [-0.2, -0.15) is 11.3 Å². The molecular formula is C22H27N3O3S. The van der Waals surface area contributed by atoms with Crippen molar-refractivity contribution in [3.05, 3.63) is 69.2 Å². The number of rotatable bonds is 9. The van der Waals surface area contributed by atoms with E-state index in [1.165, 1.54) is 5.56 Å². The molecule has 3 rings (SSSR count). The minimum atomic E-state index is 0.0106. The van der Waals surface area contributed by atoms with Crippen molar-refractivity contribution in [3.63, 3.8) is 0 Å². The van der Waals surface area contributed by atoms with Crippen molar-refractivity contribution >= 4 is 17.2 Å². The maximum Gasteiger partial charge on any atom is 0.224 e. The molecule has 0 fully saturated rings. The first-order valence-electron chi connectivity index (χ1n) is 9.52. The van der Waals surface area contributed by atoms with Crippen LogP contribution in [0.4, 0.5) is 0 Å². The number of aromatic nitrogens is 1. The second-order valence-electron chi connectivity index (χ2n) is 7.25. The van der Waals surface area contributed by atoms with E-state index in [1.54, 1.807) is 11.3 Å². The maximum absolute atomic E-state index is 12.4. The Labute approximate surface area is 175 Å². The zero-order valence-corrected chi connectivity index (χ0v) is 18.1. The molecule has 0 unspecified atom stereocenters. The van der Waals surface area contributed by atoms with Crippen LogP contribution in [0.25, 0.3) is 0 Å². The first-order valence-corrected chi connectivity index (χ1v) is 10.5. The lowest BCUT2D eigenvalue weighted by molar-refractivity contribution is -0.120. The molecule has 6 nitrogen and oxygen atoms in total. The van der Waals surface area contributed by atoms with E-state index in [2.05, 4.69) is 32.2 Å². The number of nitrogens with one attached hydrogen (secondary N) is 1. The second kappa shape index (κ2) is 9.71. The fourth-order valence-corrected chi connectivity index (χ4v) is 3.80. The first kappa shape index (κ1) is 21.1. The average molecular weight is 414 g/mol. The van der Waals surface area contributed by atoms with Crippen molar-refractivity contribution in [2.45, 2.75) is 32.9 Å². The zero-order chi connectivity index (χ0) is 20.8. The van der Waals surface area contributed by atoms with Crippen molar-refractivity contribution < 1.29 is 14.1 Å². The molecule has 29 heavy (non-hydrogen) atoms. The number of thiophene rings is 1. The highest BCUT2D eigenvalue weighted by molar-refractivity contribution is 7.07. The summed E-state index contributed by atoms with van der Waals surface area (Å²) in [5.41, 5.74) is 3.98. The van der Waals surface area contributed by atoms with E-state index in [9.17, 15) is 4.79 Å². The summed E-state index contributed by atoms with van der Waals surface area (Å²) in [6, 6.07) is 9.88. The number of carbonyl (C=O) groups excluding carboxylic acids is 1. The fourth-order valence-electron chi connectivity index (χ4n) is 3.09. The standard InChI is InChI=1S/C22H27N3O3S/c1-15-20(16(2)28-24-15)13-27-19-7-5-17(6-8-19)11-22(26)23-12-21(25(3)4)18-9-10-29-14-18/h5-10,14,21H,11-13H2,1-4H3,(H,23,26)/t21-/m0/s1. The van der Waals surface area contributed by atoms with E-state index in [4.69, 9.17) is 9.26 Å². The summed E-state index contributed by atoms with van der Waals surface area (Å²) in [6.45, 7) is 4.77. The average Bonchev–Trinajstić information content (AvgIpc) is 3.32. The molecule has 0 aliphatic heterocycles. The lowest BCUT2D eigenvalue weighted by atomic mass is 10.1. The zero-order valence-electron chi connectivity index (χ0n) is 17.3. The summed E-state index contributed by atoms with van der Waals surface area (Å²) in [4.78, 5) is 14.5. The van der Waals surface area contributed by atoms with Crippen LogP contribution < -0.4 is 10.1 Å². The van der Waals surface area contributed by atoms with E-state index in [0.29, 0.717) is 19.6 Å². The number of aryl methyl sites for hydroxylation is 2. The molecule has 7 heteroatoms. The number of benzene rings is 1. The molecule has 1 N–H and O–H groups in total. The third-order valence-corrected chi connectivity index (χ3v) is 5.60. The summed E-state index contributed by atoms with van der Waals surface area (Å²) in [5, 5.41) is 11.2. The van der Waals surface area contributed by atoms with Crippen molar-refractivity contribution in [2.24, 2.45) is 0 Å². The normalized spacial score (nSPS) is 12.2. The van der Waals surface area contributed by atoms with Gasteiger partial charge >= 0.3 is 0 Å². The third kappa shape index (κ3) is 5.68. The van der Waals surface area contributed by atoms with Gasteiger partial charge in [0.1, 0.15) is 18.1 Å². The smallest absolute Gasteiger partial charge is 0.224 e. The summed E-state index contributed by atoms with van der Waals surface area (Å²) < 4.78 is 11.0. The fraction of sp³-hybridized carbons (Fsp3) is 0.364. The number of ether oxygens (including phenoxy) is 1. The number of carbonyl (C=O) groups is 1. The molecule has 0 bridgehead atoms. The van der Waals surface area contributed by atoms with Crippen LogP contribution in [-0.2, 0) is 17.8 Å². The molecule has 154 valence electrons. The SMILES string of the molecule is Cc1noc(C)c1COc1ccc(CC(=O)NC[C@@H](c2ccsc2)N(C)C)cc1. The van der Waals surface area contributed by atoms with Crippen LogP contribution in [0.15, 0.2) is 45.6 Å². The molecule has 1 atom stereocenters. The minimum Gasteiger partial charge on any atom is -0.489 e. The van der Waals surface area contributed by atoms with E-state index in [1.807, 2.05) is 52.2 Å². The third-order valence-electron chi connectivity index (χ3n) is 4.90. The Bertz CT molecular complexity index is 898. The number of nitrogens with zero attached hydrogens (tertiary/aromatic N) is 2. The number of likely N-dealkylation sites (N-methyl/N-ethyl adjacent to an activating group) is 1. The molecule has 0 saturated carbocycles. The van der Waals surface area contributed by atoms with Crippen molar-refractivity contribution in [3.8, 4) is 5.75 Å². The lowest BCUT2D eigenvalue weighted by Gasteiger charge is -2.24. The number of amides is 1. The van der Waals surface area contributed by atoms with Crippen molar-refractivity contribution in [1.82, 2.24) is 15.4 Å². The van der Waals surface area contributed by atoms with E-state index in [-0.39, 0.29) is 11.9 Å². The molecule has 2 heterocycles. The minimum absolute atomic E-state index is 0.0106. The maximum atomic E-state index is 12.4. The molecule has 1 aromatic carbocycles. The van der Waals surface area contributed by atoms with Gasteiger partial charge in [-0.1, -0.05) is 17.3 Å². The summed E-state index contributed by atoms with van der Waals surface area (Å²) in [7, 11) is 4.05. The van der Waals surface area contributed by atoms with Crippen LogP contribution in [0.1, 0.15) is 34.2 Å². The molecule has 2 aromatic heterocycles. The molecule has 0 saturated heterocycles. The summed E-state index contributed by atoms with van der Waals surface area (Å²) >= 11 is 1.67. The Morgan fingerprint density at radius 2 is 2.00 bits per heavy atom. The van der Waals surface area contributed by atoms with Gasteiger partial charge in [-0.3, -0.25) is 4.79 Å². The van der Waals surface area contributed by atoms with Gasteiger partial charge in [-0.15, -0.1) is 0 Å². The van der Waals surface area contributed by atoms with Gasteiger partial charge in [-0.25, -0.2) is 0 Å². The highest BCUT2D eigenvalue weighted by atomic mass is 32.1. The highest BCUT2D eigenvalue weighted by Gasteiger charge is 2.16. The Morgan fingerprint density at radius 1 is 1.24 bits per heavy atom. The molecule has 0 aliphatic carbocycles. The van der Waals surface area contributed by atoms with Crippen molar-refractivity contribution in [1.29, 1.82) is 0 Å². The van der Waals surface area contributed by atoms with Gasteiger partial charge in [0.05, 0.1) is 23.7 Å². The van der Waals surface area contributed by atoms with Crippen LogP contribution in [0.2, 0.25) is 0 Å². The molecule has 3 aromatic rings. The Balaban J connectivity index is 1.49. The van der Waals surface area contributed by atoms with E-state index < -0.39 is 0 Å². The first-order chi connectivity index (χ1) is 13.9. The number of hydrogen-bond acceptors (Lipinski definition) is 6. The van der Waals surface area contributed by atoms with Gasteiger partial charge in [0.25, 0.3) is 0 Å². The van der Waals surface area contributed by atoms with Crippen LogP contribution in [0.3, 0.4) is 0 Å². The second-order valence-corrected chi connectivity index (χ2v) is 8.03. The molecule has 0 aliphatic rings. The molecule has 0 spiro atoms. The highest BCUT2D eigenvalue weighted by Crippen LogP contribution is 2.20. The van der Waals surface area contributed by atoms with E-state index >= 15 is 0 Å². The van der Waals surface area contributed by atoms with Gasteiger partial charge < -0.3 is 19.5 Å². The van der Waals surface area contributed by atoms with Crippen LogP contribution in [-0.4, -0.2) is 36.6 Å². The lowest BCUT2D eigenvalue weighted by Crippen LogP contribution is -2.35. The Kier molecular flexibility index (Phi) is 7.06. The molecule has 1 amide bonds. The largest absolute Gasteiger partial charge is 0.489 e. The van der Waals surface area contributed by atoms with Crippen LogP contribution >= 0.6 is 11.3 Å². The predicted molar refractivity (Wildman–Crippen MR) is 114 cm³/mol. The van der Waals surface area contributed by atoms with E-state index in [0.717, 1.165) is 28.3 Å². The summed E-state index contributed by atoms with van der Waals surface area (Å²) in [5.74, 6) is 1.53. The van der Waals surface area contributed by atoms with Crippen LogP contribution in [0, 0.1) is 13.8 Å². The Morgan fingerprint density at radius 3 is 2.59 bits per heavy atom. The van der Waals surface area contributed by atoms with Gasteiger partial charge in [0.15, 0.2) is 0 Å². The van der Waals surface area contributed by atoms with Gasteiger partial charge in [0.2, 0.25) is 5.91 Å². The molecular weight excluding hydrogens is 386 g/mol. The van der Waals surface area contributed by atoms with Gasteiger partial charge in [-0.05, 0) is 68.0 Å². The topological polar surface area (TPSA) is 67.6 Å². The Hall–Kier alpha value is -2.64. The monoisotopic (exact) mass is 413 g/mol. The summed E-state index contributed by atoms with van der Waals surface area (Å²) in [6.07, 6.45) is 0.341. The predicted octanol–water partition coefficient (Wildman–Crippen LogP) is 3.89. The van der Waals surface area contributed by atoms with Gasteiger partial charge in [0, 0.05) is 6.54 Å². The quantitative estimate of drug-likeness (QED) is 0.576. The van der Waals surface area contributed by atoms with Crippen LogP contribution in [0.5, 0.6) is 5.75 Å². The number of hydrogen-bond donors (Lipinski definition) is 1. The molecule has 0 radical (unpaired) electrons. The van der Waals surface area contributed by atoms with Crippen molar-refractivity contribution in [2.75, 3.05) is 20.6 Å².